The molecule has 0 aliphatic heterocycles. The van der Waals surface area contributed by atoms with Crippen molar-refractivity contribution in [2.45, 2.75) is 18.7 Å². The van der Waals surface area contributed by atoms with E-state index in [9.17, 15) is 4.79 Å². The summed E-state index contributed by atoms with van der Waals surface area (Å²) in [6.07, 6.45) is 0. The molecule has 0 aromatic carbocycles. The minimum absolute atomic E-state index is 0.00690. The van der Waals surface area contributed by atoms with E-state index < -0.39 is 0 Å². The molecule has 0 bridgehead atoms. The summed E-state index contributed by atoms with van der Waals surface area (Å²) < 4.78 is 0. The fourth-order valence-electron chi connectivity index (χ4n) is 0.257. The zero-order chi connectivity index (χ0) is 6.57. The van der Waals surface area contributed by atoms with Crippen LogP contribution in [0.2, 0.25) is 0 Å². The van der Waals surface area contributed by atoms with Gasteiger partial charge in [0.15, 0.2) is 0 Å². The molecule has 0 saturated heterocycles. The van der Waals surface area contributed by atoms with E-state index in [1.54, 1.807) is 0 Å². The maximum atomic E-state index is 10.7. The summed E-state index contributed by atoms with van der Waals surface area (Å²) in [7, 11) is 0. The Morgan fingerprint density at radius 2 is 2.38 bits per heavy atom. The first-order valence-electron chi connectivity index (χ1n) is 2.49. The molecule has 0 heterocycles. The molecule has 8 heavy (non-hydrogen) atoms. The molecular weight excluding hydrogens is 188 g/mol. The molecule has 0 aliphatic rings. The monoisotopic (exact) mass is 196 g/mol. The molecule has 1 atom stereocenters. The van der Waals surface area contributed by atoms with Gasteiger partial charge in [-0.2, -0.15) is 0 Å². The predicted molar refractivity (Wildman–Crippen MR) is 41.5 cm³/mol. The summed E-state index contributed by atoms with van der Waals surface area (Å²) in [4.78, 5) is 10.7. The van der Waals surface area contributed by atoms with Crippen LogP contribution in [0.4, 0.5) is 0 Å². The molecule has 1 unspecified atom stereocenters. The van der Waals surface area contributed by atoms with Gasteiger partial charge in [-0.05, 0) is 12.7 Å². The average Bonchev–Trinajstić information content (AvgIpc) is 1.67. The van der Waals surface area contributed by atoms with E-state index in [-0.39, 0.29) is 9.94 Å². The smallest absolute Gasteiger partial charge is 0.202 e. The molecule has 0 spiro atoms. The molecule has 0 radical (unpaired) electrons. The highest BCUT2D eigenvalue weighted by molar-refractivity contribution is 9.10. The first kappa shape index (κ1) is 8.50. The largest absolute Gasteiger partial charge is 0.286 e. The normalized spacial score (nSPS) is 13.4. The van der Waals surface area contributed by atoms with Crippen LogP contribution in [0.15, 0.2) is 0 Å². The van der Waals surface area contributed by atoms with E-state index in [2.05, 4.69) is 15.9 Å². The van der Waals surface area contributed by atoms with Crippen LogP contribution in [-0.2, 0) is 4.79 Å². The van der Waals surface area contributed by atoms with Crippen LogP contribution >= 0.6 is 27.7 Å². The van der Waals surface area contributed by atoms with Crippen molar-refractivity contribution >= 4 is 32.8 Å². The fraction of sp³-hybridized carbons (Fsp3) is 0.800. The van der Waals surface area contributed by atoms with E-state index in [1.807, 2.05) is 13.8 Å². The van der Waals surface area contributed by atoms with Gasteiger partial charge < -0.3 is 0 Å². The highest BCUT2D eigenvalue weighted by Crippen LogP contribution is 2.10. The van der Waals surface area contributed by atoms with Gasteiger partial charge in [0.1, 0.15) is 0 Å². The number of thioether (sulfide) groups is 1. The van der Waals surface area contributed by atoms with Gasteiger partial charge in [-0.15, -0.1) is 0 Å². The number of alkyl halides is 1. The van der Waals surface area contributed by atoms with Crippen LogP contribution in [0, 0.1) is 0 Å². The first-order valence-corrected chi connectivity index (χ1v) is 4.39. The summed E-state index contributed by atoms with van der Waals surface area (Å²) in [5.74, 6) is 0.870. The van der Waals surface area contributed by atoms with Gasteiger partial charge in [-0.3, -0.25) is 4.79 Å². The van der Waals surface area contributed by atoms with E-state index >= 15 is 0 Å². The lowest BCUT2D eigenvalue weighted by Crippen LogP contribution is -2.03. The zero-order valence-electron chi connectivity index (χ0n) is 4.98. The van der Waals surface area contributed by atoms with Gasteiger partial charge in [0.2, 0.25) is 5.12 Å². The average molecular weight is 197 g/mol. The van der Waals surface area contributed by atoms with Crippen LogP contribution < -0.4 is 0 Å². The minimum atomic E-state index is 0.00690. The van der Waals surface area contributed by atoms with E-state index in [1.165, 1.54) is 11.8 Å². The second-order valence-electron chi connectivity index (χ2n) is 1.37. The van der Waals surface area contributed by atoms with E-state index in [4.69, 9.17) is 0 Å². The van der Waals surface area contributed by atoms with Gasteiger partial charge in [0.25, 0.3) is 0 Å². The number of rotatable bonds is 2. The fourth-order valence-corrected chi connectivity index (χ4v) is 1.17. The summed E-state index contributed by atoms with van der Waals surface area (Å²) in [6.45, 7) is 3.81. The van der Waals surface area contributed by atoms with Crippen LogP contribution in [0.25, 0.3) is 0 Å². The molecule has 0 aromatic rings. The highest BCUT2D eigenvalue weighted by Gasteiger charge is 2.06. The van der Waals surface area contributed by atoms with Gasteiger partial charge in [0.05, 0.1) is 4.83 Å². The van der Waals surface area contributed by atoms with Crippen molar-refractivity contribution in [3.8, 4) is 0 Å². The molecule has 1 nitrogen and oxygen atoms in total. The predicted octanol–water partition coefficient (Wildman–Crippen LogP) is 2.05. The summed E-state index contributed by atoms with van der Waals surface area (Å²) in [6, 6.07) is 0. The van der Waals surface area contributed by atoms with Crippen molar-refractivity contribution in [1.29, 1.82) is 0 Å². The number of carbonyl (C=O) groups is 1. The van der Waals surface area contributed by atoms with Crippen LogP contribution in [0.5, 0.6) is 0 Å². The SMILES string of the molecule is CCSC(=O)C(C)Br. The first-order chi connectivity index (χ1) is 3.68. The molecule has 0 fully saturated rings. The lowest BCUT2D eigenvalue weighted by molar-refractivity contribution is -0.110. The van der Waals surface area contributed by atoms with Crippen LogP contribution in [0.3, 0.4) is 0 Å². The van der Waals surface area contributed by atoms with Crippen molar-refractivity contribution in [1.82, 2.24) is 0 Å². The molecule has 0 rings (SSSR count). The topological polar surface area (TPSA) is 17.1 Å². The van der Waals surface area contributed by atoms with Gasteiger partial charge >= 0.3 is 0 Å². The van der Waals surface area contributed by atoms with Crippen molar-refractivity contribution in [3.63, 3.8) is 0 Å². The van der Waals surface area contributed by atoms with Crippen molar-refractivity contribution < 1.29 is 4.79 Å². The van der Waals surface area contributed by atoms with Crippen LogP contribution in [-0.4, -0.2) is 15.7 Å². The maximum absolute atomic E-state index is 10.7. The lowest BCUT2D eigenvalue weighted by atomic mass is 10.6. The number of carbonyl (C=O) groups excluding carboxylic acids is 1. The molecule has 0 aromatic heterocycles. The summed E-state index contributed by atoms with van der Waals surface area (Å²) in [5, 5.41) is 0.215. The highest BCUT2D eigenvalue weighted by atomic mass is 79.9. The zero-order valence-corrected chi connectivity index (χ0v) is 7.38. The molecule has 0 aliphatic carbocycles. The third-order valence-electron chi connectivity index (χ3n) is 0.611. The second-order valence-corrected chi connectivity index (χ2v) is 4.01. The molecule has 0 N–H and O–H groups in total. The molecular formula is C5H9BrOS. The van der Waals surface area contributed by atoms with Gasteiger partial charge in [0, 0.05) is 0 Å². The quantitative estimate of drug-likeness (QED) is 0.630. The van der Waals surface area contributed by atoms with Crippen molar-refractivity contribution in [3.05, 3.63) is 0 Å². The Kier molecular flexibility index (Phi) is 4.66. The Bertz CT molecular complexity index is 82.5. The van der Waals surface area contributed by atoms with E-state index in [0.29, 0.717) is 0 Å². The Hall–Kier alpha value is 0.500. The van der Waals surface area contributed by atoms with Gasteiger partial charge in [-0.1, -0.05) is 34.6 Å². The molecule has 3 heteroatoms. The number of hydrogen-bond donors (Lipinski definition) is 0. The summed E-state index contributed by atoms with van der Waals surface area (Å²) in [5.41, 5.74) is 0. The minimum Gasteiger partial charge on any atom is -0.286 e. The standard InChI is InChI=1S/C5H9BrOS/c1-3-8-5(7)4(2)6/h4H,3H2,1-2H3. The van der Waals surface area contributed by atoms with E-state index in [0.717, 1.165) is 5.75 Å². The lowest BCUT2D eigenvalue weighted by Gasteiger charge is -1.96. The second kappa shape index (κ2) is 4.39. The Labute approximate surface area is 62.4 Å². The third-order valence-corrected chi connectivity index (χ3v) is 2.26. The Morgan fingerprint density at radius 1 is 1.88 bits per heavy atom. The molecule has 48 valence electrons. The maximum Gasteiger partial charge on any atom is 0.202 e. The van der Waals surface area contributed by atoms with Crippen LogP contribution in [0.1, 0.15) is 13.8 Å². The number of hydrogen-bond acceptors (Lipinski definition) is 2. The van der Waals surface area contributed by atoms with Crippen molar-refractivity contribution in [2.75, 3.05) is 5.75 Å². The Balaban J connectivity index is 3.33. The number of halogens is 1. The Morgan fingerprint density at radius 3 is 2.50 bits per heavy atom. The van der Waals surface area contributed by atoms with Gasteiger partial charge in [-0.25, -0.2) is 0 Å². The molecule has 0 amide bonds. The third kappa shape index (κ3) is 3.50. The molecule has 0 saturated carbocycles. The summed E-state index contributed by atoms with van der Waals surface area (Å²) >= 11 is 4.52. The van der Waals surface area contributed by atoms with Crippen molar-refractivity contribution in [2.24, 2.45) is 0 Å².